The number of hydrogen-bond acceptors (Lipinski definition) is 2. The molecule has 0 aliphatic heterocycles. The first-order chi connectivity index (χ1) is 9.01. The van der Waals surface area contributed by atoms with Gasteiger partial charge in [-0.1, -0.05) is 50.4 Å². The number of nitrogens with one attached hydrogen (secondary N) is 1. The van der Waals surface area contributed by atoms with Crippen molar-refractivity contribution >= 4 is 17.3 Å². The van der Waals surface area contributed by atoms with Gasteiger partial charge in [0.1, 0.15) is 0 Å². The minimum Gasteiger partial charge on any atom is -0.398 e. The molecule has 0 bridgehead atoms. The lowest BCUT2D eigenvalue weighted by Crippen LogP contribution is -2.30. The Balaban J connectivity index is 1.94. The summed E-state index contributed by atoms with van der Waals surface area (Å²) in [7, 11) is 0. The Morgan fingerprint density at radius 3 is 2.68 bits per heavy atom. The third kappa shape index (κ3) is 3.44. The number of hydrogen-bond donors (Lipinski definition) is 2. The van der Waals surface area contributed by atoms with Crippen LogP contribution in [-0.2, 0) is 6.54 Å². The third-order valence-electron chi connectivity index (χ3n) is 4.25. The van der Waals surface area contributed by atoms with Crippen LogP contribution in [0.1, 0.15) is 44.6 Å². The molecule has 3 heteroatoms. The number of nitrogen functional groups attached to an aromatic ring is 1. The highest BCUT2D eigenvalue weighted by atomic mass is 35.5. The van der Waals surface area contributed by atoms with Gasteiger partial charge in [0.15, 0.2) is 0 Å². The zero-order valence-corrected chi connectivity index (χ0v) is 12.4. The SMILES string of the molecule is C=C(NCc1ccc(Cl)c(N)c1)C1(C)CCCCC1. The van der Waals surface area contributed by atoms with E-state index in [1.165, 1.54) is 32.1 Å². The molecular weight excluding hydrogens is 256 g/mol. The van der Waals surface area contributed by atoms with E-state index in [1.54, 1.807) is 0 Å². The topological polar surface area (TPSA) is 38.0 Å². The Labute approximate surface area is 121 Å². The highest BCUT2D eigenvalue weighted by Crippen LogP contribution is 2.40. The number of nitrogens with two attached hydrogens (primary N) is 1. The van der Waals surface area contributed by atoms with E-state index in [-0.39, 0.29) is 5.41 Å². The van der Waals surface area contributed by atoms with Crippen molar-refractivity contribution in [1.29, 1.82) is 0 Å². The van der Waals surface area contributed by atoms with Crippen molar-refractivity contribution in [3.8, 4) is 0 Å². The smallest absolute Gasteiger partial charge is 0.0635 e. The maximum Gasteiger partial charge on any atom is 0.0635 e. The fourth-order valence-corrected chi connectivity index (χ4v) is 2.88. The highest BCUT2D eigenvalue weighted by Gasteiger charge is 2.29. The van der Waals surface area contributed by atoms with E-state index in [2.05, 4.69) is 18.8 Å². The van der Waals surface area contributed by atoms with Crippen LogP contribution in [0.3, 0.4) is 0 Å². The Kier molecular flexibility index (Phi) is 4.41. The predicted octanol–water partition coefficient (Wildman–Crippen LogP) is 4.50. The minimum absolute atomic E-state index is 0.246. The molecule has 1 saturated carbocycles. The number of benzene rings is 1. The minimum atomic E-state index is 0.246. The molecule has 2 rings (SSSR count). The molecule has 0 amide bonds. The number of rotatable bonds is 4. The van der Waals surface area contributed by atoms with Gasteiger partial charge < -0.3 is 11.1 Å². The summed E-state index contributed by atoms with van der Waals surface area (Å²) in [4.78, 5) is 0. The molecule has 1 aromatic carbocycles. The van der Waals surface area contributed by atoms with Gasteiger partial charge in [-0.05, 0) is 30.5 Å². The summed E-state index contributed by atoms with van der Waals surface area (Å²) in [6.07, 6.45) is 6.45. The molecule has 0 saturated heterocycles. The zero-order chi connectivity index (χ0) is 13.9. The molecule has 0 aromatic heterocycles. The first-order valence-electron chi connectivity index (χ1n) is 6.98. The second-order valence-corrected chi connectivity index (χ2v) is 6.22. The van der Waals surface area contributed by atoms with Crippen LogP contribution in [0.15, 0.2) is 30.5 Å². The second kappa shape index (κ2) is 5.87. The van der Waals surface area contributed by atoms with E-state index < -0.39 is 0 Å². The second-order valence-electron chi connectivity index (χ2n) is 5.81. The molecule has 1 fully saturated rings. The lowest BCUT2D eigenvalue weighted by Gasteiger charge is -2.36. The quantitative estimate of drug-likeness (QED) is 0.796. The molecule has 19 heavy (non-hydrogen) atoms. The van der Waals surface area contributed by atoms with Gasteiger partial charge in [0.2, 0.25) is 0 Å². The van der Waals surface area contributed by atoms with Crippen LogP contribution in [0.2, 0.25) is 5.02 Å². The van der Waals surface area contributed by atoms with E-state index in [4.69, 9.17) is 17.3 Å². The van der Waals surface area contributed by atoms with Crippen molar-refractivity contribution in [1.82, 2.24) is 5.32 Å². The highest BCUT2D eigenvalue weighted by molar-refractivity contribution is 6.33. The first-order valence-corrected chi connectivity index (χ1v) is 7.36. The van der Waals surface area contributed by atoms with Crippen LogP contribution in [0.4, 0.5) is 5.69 Å². The van der Waals surface area contributed by atoms with E-state index >= 15 is 0 Å². The van der Waals surface area contributed by atoms with Crippen molar-refractivity contribution < 1.29 is 0 Å². The van der Waals surface area contributed by atoms with Gasteiger partial charge in [-0.15, -0.1) is 0 Å². The fourth-order valence-electron chi connectivity index (χ4n) is 2.76. The summed E-state index contributed by atoms with van der Waals surface area (Å²) in [5.74, 6) is 0. The van der Waals surface area contributed by atoms with Crippen LogP contribution < -0.4 is 11.1 Å². The molecule has 2 nitrogen and oxygen atoms in total. The lowest BCUT2D eigenvalue weighted by atomic mass is 9.73. The van der Waals surface area contributed by atoms with E-state index in [1.807, 2.05) is 18.2 Å². The molecule has 1 aromatic rings. The largest absolute Gasteiger partial charge is 0.398 e. The molecule has 0 spiro atoms. The van der Waals surface area contributed by atoms with E-state index in [0.29, 0.717) is 10.7 Å². The van der Waals surface area contributed by atoms with Crippen LogP contribution in [0.25, 0.3) is 0 Å². The molecular formula is C16H23ClN2. The number of allylic oxidation sites excluding steroid dienone is 1. The first kappa shape index (κ1) is 14.3. The maximum atomic E-state index is 5.92. The van der Waals surface area contributed by atoms with Crippen molar-refractivity contribution in [2.24, 2.45) is 5.41 Å². The fraction of sp³-hybridized carbons (Fsp3) is 0.500. The van der Waals surface area contributed by atoms with Crippen molar-refractivity contribution in [3.05, 3.63) is 41.1 Å². The number of halogens is 1. The molecule has 0 unspecified atom stereocenters. The molecule has 1 aliphatic carbocycles. The normalized spacial score (nSPS) is 18.0. The molecule has 104 valence electrons. The van der Waals surface area contributed by atoms with Crippen molar-refractivity contribution in [2.75, 3.05) is 5.73 Å². The summed E-state index contributed by atoms with van der Waals surface area (Å²) in [6, 6.07) is 5.77. The van der Waals surface area contributed by atoms with Gasteiger partial charge in [-0.3, -0.25) is 0 Å². The Morgan fingerprint density at radius 1 is 1.37 bits per heavy atom. The molecule has 1 aliphatic rings. The van der Waals surface area contributed by atoms with Gasteiger partial charge in [0, 0.05) is 17.7 Å². The molecule has 3 N–H and O–H groups in total. The van der Waals surface area contributed by atoms with E-state index in [9.17, 15) is 0 Å². The third-order valence-corrected chi connectivity index (χ3v) is 4.60. The summed E-state index contributed by atoms with van der Waals surface area (Å²) < 4.78 is 0. The van der Waals surface area contributed by atoms with Crippen LogP contribution in [-0.4, -0.2) is 0 Å². The average molecular weight is 279 g/mol. The van der Waals surface area contributed by atoms with Crippen LogP contribution in [0, 0.1) is 5.41 Å². The summed E-state index contributed by atoms with van der Waals surface area (Å²) >= 11 is 5.92. The van der Waals surface area contributed by atoms with Gasteiger partial charge in [0.05, 0.1) is 10.7 Å². The van der Waals surface area contributed by atoms with Gasteiger partial charge in [-0.25, -0.2) is 0 Å². The molecule has 0 radical (unpaired) electrons. The summed E-state index contributed by atoms with van der Waals surface area (Å²) in [5, 5.41) is 4.08. The Morgan fingerprint density at radius 2 is 2.05 bits per heavy atom. The van der Waals surface area contributed by atoms with Gasteiger partial charge in [0.25, 0.3) is 0 Å². The van der Waals surface area contributed by atoms with Crippen LogP contribution >= 0.6 is 11.6 Å². The monoisotopic (exact) mass is 278 g/mol. The van der Waals surface area contributed by atoms with E-state index in [0.717, 1.165) is 17.8 Å². The Bertz CT molecular complexity index is 462. The van der Waals surface area contributed by atoms with Crippen LogP contribution in [0.5, 0.6) is 0 Å². The van der Waals surface area contributed by atoms with Crippen molar-refractivity contribution in [3.63, 3.8) is 0 Å². The summed E-state index contributed by atoms with van der Waals surface area (Å²) in [6.45, 7) is 7.31. The number of anilines is 1. The van der Waals surface area contributed by atoms with Gasteiger partial charge >= 0.3 is 0 Å². The standard InChI is InChI=1S/C16H23ClN2/c1-12(16(2)8-4-3-5-9-16)19-11-13-6-7-14(17)15(18)10-13/h6-7,10,19H,1,3-5,8-9,11,18H2,2H3. The molecule has 0 atom stereocenters. The average Bonchev–Trinajstić information content (AvgIpc) is 2.40. The van der Waals surface area contributed by atoms with Gasteiger partial charge in [-0.2, -0.15) is 0 Å². The molecule has 0 heterocycles. The lowest BCUT2D eigenvalue weighted by molar-refractivity contribution is 0.253. The zero-order valence-electron chi connectivity index (χ0n) is 11.6. The maximum absolute atomic E-state index is 5.92. The summed E-state index contributed by atoms with van der Waals surface area (Å²) in [5.41, 5.74) is 8.99. The Hall–Kier alpha value is -1.15. The van der Waals surface area contributed by atoms with Crippen molar-refractivity contribution in [2.45, 2.75) is 45.6 Å². The predicted molar refractivity (Wildman–Crippen MR) is 83.0 cm³/mol.